The van der Waals surface area contributed by atoms with E-state index in [-0.39, 0.29) is 5.91 Å². The number of rotatable bonds is 6. The van der Waals surface area contributed by atoms with Gasteiger partial charge in [-0.05, 0) is 30.3 Å². The van der Waals surface area contributed by atoms with Crippen LogP contribution in [0.5, 0.6) is 5.75 Å². The van der Waals surface area contributed by atoms with Crippen molar-refractivity contribution in [1.29, 1.82) is 0 Å². The maximum absolute atomic E-state index is 12.2. The first-order valence-electron chi connectivity index (χ1n) is 8.22. The molecule has 1 aromatic carbocycles. The highest BCUT2D eigenvalue weighted by Crippen LogP contribution is 2.09. The molecule has 0 saturated carbocycles. The molecular formula is C19H22N2O3. The topological polar surface area (TPSA) is 45.9 Å². The van der Waals surface area contributed by atoms with Crippen molar-refractivity contribution < 1.29 is 13.9 Å². The van der Waals surface area contributed by atoms with E-state index in [4.69, 9.17) is 9.15 Å². The van der Waals surface area contributed by atoms with E-state index in [1.165, 1.54) is 0 Å². The summed E-state index contributed by atoms with van der Waals surface area (Å²) in [6.07, 6.45) is 4.88. The molecule has 0 spiro atoms. The highest BCUT2D eigenvalue weighted by atomic mass is 16.5. The second kappa shape index (κ2) is 8.36. The monoisotopic (exact) mass is 326 g/mol. The van der Waals surface area contributed by atoms with Crippen LogP contribution < -0.4 is 4.74 Å². The molecule has 1 aromatic heterocycles. The average molecular weight is 326 g/mol. The van der Waals surface area contributed by atoms with E-state index >= 15 is 0 Å². The van der Waals surface area contributed by atoms with Gasteiger partial charge in [0, 0.05) is 38.8 Å². The molecule has 2 heterocycles. The summed E-state index contributed by atoms with van der Waals surface area (Å²) in [7, 11) is 0. The number of carbonyl (C=O) groups excluding carboxylic acids is 1. The molecule has 3 rings (SSSR count). The first-order valence-corrected chi connectivity index (χ1v) is 8.22. The molecule has 0 bridgehead atoms. The first kappa shape index (κ1) is 16.3. The van der Waals surface area contributed by atoms with Crippen LogP contribution in [-0.2, 0) is 4.79 Å². The van der Waals surface area contributed by atoms with Crippen LogP contribution in [0.1, 0.15) is 5.76 Å². The number of amides is 1. The summed E-state index contributed by atoms with van der Waals surface area (Å²) in [4.78, 5) is 16.3. The Morgan fingerprint density at radius 3 is 2.58 bits per heavy atom. The number of para-hydroxylation sites is 1. The number of furan rings is 1. The Morgan fingerprint density at radius 2 is 1.88 bits per heavy atom. The van der Waals surface area contributed by atoms with Crippen molar-refractivity contribution in [2.24, 2.45) is 0 Å². The zero-order valence-electron chi connectivity index (χ0n) is 13.6. The quantitative estimate of drug-likeness (QED) is 0.765. The molecule has 0 radical (unpaired) electrons. The van der Waals surface area contributed by atoms with Gasteiger partial charge in [-0.2, -0.15) is 0 Å². The van der Waals surface area contributed by atoms with E-state index in [0.717, 1.165) is 38.5 Å². The molecule has 1 amide bonds. The number of ether oxygens (including phenoxy) is 1. The second-order valence-electron chi connectivity index (χ2n) is 5.68. The minimum Gasteiger partial charge on any atom is -0.492 e. The fourth-order valence-electron chi connectivity index (χ4n) is 2.65. The molecule has 1 fully saturated rings. The van der Waals surface area contributed by atoms with E-state index in [1.807, 2.05) is 41.3 Å². The summed E-state index contributed by atoms with van der Waals surface area (Å²) in [5.41, 5.74) is 0. The highest BCUT2D eigenvalue weighted by Gasteiger charge is 2.19. The van der Waals surface area contributed by atoms with Gasteiger partial charge in [0.15, 0.2) is 0 Å². The molecule has 126 valence electrons. The van der Waals surface area contributed by atoms with Crippen LogP contribution in [0.25, 0.3) is 6.08 Å². The zero-order valence-corrected chi connectivity index (χ0v) is 13.6. The molecule has 5 nitrogen and oxygen atoms in total. The van der Waals surface area contributed by atoms with E-state index in [0.29, 0.717) is 12.4 Å². The Morgan fingerprint density at radius 1 is 1.08 bits per heavy atom. The Bertz CT molecular complexity index is 645. The lowest BCUT2D eigenvalue weighted by molar-refractivity contribution is -0.127. The molecule has 24 heavy (non-hydrogen) atoms. The largest absolute Gasteiger partial charge is 0.492 e. The van der Waals surface area contributed by atoms with E-state index in [9.17, 15) is 4.79 Å². The molecule has 0 atom stereocenters. The number of carbonyl (C=O) groups is 1. The van der Waals surface area contributed by atoms with Crippen LogP contribution in [0, 0.1) is 0 Å². The van der Waals surface area contributed by atoms with Crippen LogP contribution in [-0.4, -0.2) is 55.0 Å². The SMILES string of the molecule is O=C(/C=C/c1ccco1)N1CCN(CCOc2ccccc2)CC1. The third kappa shape index (κ3) is 4.73. The van der Waals surface area contributed by atoms with Gasteiger partial charge in [-0.3, -0.25) is 9.69 Å². The van der Waals surface area contributed by atoms with Crippen molar-refractivity contribution in [1.82, 2.24) is 9.80 Å². The lowest BCUT2D eigenvalue weighted by Crippen LogP contribution is -2.49. The third-order valence-electron chi connectivity index (χ3n) is 4.04. The molecule has 0 N–H and O–H groups in total. The van der Waals surface area contributed by atoms with Gasteiger partial charge in [0.2, 0.25) is 5.91 Å². The van der Waals surface area contributed by atoms with Gasteiger partial charge in [-0.1, -0.05) is 18.2 Å². The fourth-order valence-corrected chi connectivity index (χ4v) is 2.65. The minimum atomic E-state index is 0.0339. The second-order valence-corrected chi connectivity index (χ2v) is 5.68. The molecule has 1 aliphatic rings. The van der Waals surface area contributed by atoms with Crippen molar-refractivity contribution in [2.75, 3.05) is 39.3 Å². The van der Waals surface area contributed by atoms with Crippen LogP contribution in [0.3, 0.4) is 0 Å². The van der Waals surface area contributed by atoms with Gasteiger partial charge < -0.3 is 14.1 Å². The zero-order chi connectivity index (χ0) is 16.6. The molecule has 1 aliphatic heterocycles. The minimum absolute atomic E-state index is 0.0339. The van der Waals surface area contributed by atoms with Gasteiger partial charge in [-0.25, -0.2) is 0 Å². The van der Waals surface area contributed by atoms with Gasteiger partial charge in [-0.15, -0.1) is 0 Å². The summed E-state index contributed by atoms with van der Waals surface area (Å²) in [5, 5.41) is 0. The third-order valence-corrected chi connectivity index (χ3v) is 4.04. The number of hydrogen-bond acceptors (Lipinski definition) is 4. The van der Waals surface area contributed by atoms with Crippen LogP contribution in [0.4, 0.5) is 0 Å². The lowest BCUT2D eigenvalue weighted by atomic mass is 10.3. The fraction of sp³-hybridized carbons (Fsp3) is 0.316. The van der Waals surface area contributed by atoms with Crippen molar-refractivity contribution in [3.63, 3.8) is 0 Å². The maximum Gasteiger partial charge on any atom is 0.246 e. The Hall–Kier alpha value is -2.53. The van der Waals surface area contributed by atoms with Crippen LogP contribution in [0.15, 0.2) is 59.2 Å². The normalized spacial score (nSPS) is 15.8. The average Bonchev–Trinajstić information content (AvgIpc) is 3.15. The van der Waals surface area contributed by atoms with Crippen molar-refractivity contribution in [3.8, 4) is 5.75 Å². The van der Waals surface area contributed by atoms with Crippen LogP contribution >= 0.6 is 0 Å². The van der Waals surface area contributed by atoms with Gasteiger partial charge in [0.1, 0.15) is 18.1 Å². The Balaban J connectivity index is 1.37. The van der Waals surface area contributed by atoms with Gasteiger partial charge in [0.05, 0.1) is 6.26 Å². The Kier molecular flexibility index (Phi) is 5.69. The number of hydrogen-bond donors (Lipinski definition) is 0. The van der Waals surface area contributed by atoms with E-state index < -0.39 is 0 Å². The number of piperazine rings is 1. The van der Waals surface area contributed by atoms with Gasteiger partial charge in [0.25, 0.3) is 0 Å². The van der Waals surface area contributed by atoms with Crippen molar-refractivity contribution in [3.05, 3.63) is 60.6 Å². The highest BCUT2D eigenvalue weighted by molar-refractivity contribution is 5.91. The lowest BCUT2D eigenvalue weighted by Gasteiger charge is -2.34. The van der Waals surface area contributed by atoms with Crippen LogP contribution in [0.2, 0.25) is 0 Å². The maximum atomic E-state index is 12.2. The standard InChI is InChI=1S/C19H22N2O3/c22-19(9-8-18-7-4-15-23-18)21-12-10-20(11-13-21)14-16-24-17-5-2-1-3-6-17/h1-9,15H,10-14,16H2/b9-8+. The van der Waals surface area contributed by atoms with Crippen molar-refractivity contribution in [2.45, 2.75) is 0 Å². The number of nitrogens with zero attached hydrogens (tertiary/aromatic N) is 2. The summed E-state index contributed by atoms with van der Waals surface area (Å²) in [5.74, 6) is 1.63. The summed E-state index contributed by atoms with van der Waals surface area (Å²) >= 11 is 0. The molecule has 2 aromatic rings. The van der Waals surface area contributed by atoms with Crippen molar-refractivity contribution >= 4 is 12.0 Å². The summed E-state index contributed by atoms with van der Waals surface area (Å²) < 4.78 is 10.9. The van der Waals surface area contributed by atoms with E-state index in [2.05, 4.69) is 4.90 Å². The predicted octanol–water partition coefficient (Wildman–Crippen LogP) is 2.52. The van der Waals surface area contributed by atoms with Gasteiger partial charge >= 0.3 is 0 Å². The molecule has 0 unspecified atom stereocenters. The molecule has 5 heteroatoms. The number of benzene rings is 1. The Labute approximate surface area is 142 Å². The van der Waals surface area contributed by atoms with E-state index in [1.54, 1.807) is 24.5 Å². The predicted molar refractivity (Wildman–Crippen MR) is 92.7 cm³/mol. The first-order chi connectivity index (χ1) is 11.8. The molecule has 1 saturated heterocycles. The molecular weight excluding hydrogens is 304 g/mol. The summed E-state index contributed by atoms with van der Waals surface area (Å²) in [6.45, 7) is 4.77. The molecule has 0 aliphatic carbocycles. The smallest absolute Gasteiger partial charge is 0.246 e. The summed E-state index contributed by atoms with van der Waals surface area (Å²) in [6, 6.07) is 13.5.